The minimum atomic E-state index is -0.795. The van der Waals surface area contributed by atoms with Crippen LogP contribution in [0, 0.1) is 0 Å². The molecule has 0 spiro atoms. The van der Waals surface area contributed by atoms with Crippen LogP contribution in [-0.4, -0.2) is 37.2 Å². The Balaban J connectivity index is 4.44. The molecule has 0 saturated heterocycles. The van der Waals surface area contributed by atoms with Crippen molar-refractivity contribution in [3.63, 3.8) is 0 Å². The van der Waals surface area contributed by atoms with Crippen LogP contribution in [0.15, 0.2) is 85.1 Å². The fraction of sp³-hybridized carbons (Fsp3) is 0.726. The smallest absolute Gasteiger partial charge is 0.306 e. The molecule has 0 heterocycles. The highest BCUT2D eigenvalue weighted by molar-refractivity contribution is 5.71. The van der Waals surface area contributed by atoms with E-state index < -0.39 is 6.10 Å². The highest BCUT2D eigenvalue weighted by Crippen LogP contribution is 2.15. The molecule has 0 aliphatic carbocycles. The normalized spacial score (nSPS) is 12.7. The van der Waals surface area contributed by atoms with E-state index in [1.165, 1.54) is 128 Å². The van der Waals surface area contributed by atoms with Crippen LogP contribution in [0.3, 0.4) is 0 Å². The number of allylic oxidation sites excluding steroid dienone is 14. The third-order valence-corrected chi connectivity index (χ3v) is 12.2. The molecule has 0 radical (unpaired) electrons. The molecule has 0 bridgehead atoms. The first kappa shape index (κ1) is 64.6. The lowest BCUT2D eigenvalue weighted by atomic mass is 10.1. The Bertz CT molecular complexity index is 1320. The number of hydrogen-bond acceptors (Lipinski definition) is 6. The molecular formula is C62H106O6. The summed E-state index contributed by atoms with van der Waals surface area (Å²) >= 11 is 0. The first-order valence-corrected chi connectivity index (χ1v) is 28.6. The molecule has 0 amide bonds. The second kappa shape index (κ2) is 56.2. The average Bonchev–Trinajstić information content (AvgIpc) is 3.34. The standard InChI is InChI=1S/C62H106O6/c1-4-7-10-13-16-19-22-25-28-30-32-34-37-40-43-46-49-52-55-61(64)67-58-59(57-66-60(63)54-51-48-45-42-39-36-33-27-24-21-18-15-12-9-6-3)68-62(65)56-53-50-47-44-41-38-35-31-29-26-23-20-17-14-11-8-5-2/h9,12,15,17-18,20-21,24,26-27,29,32-34,59H,4-8,10-11,13-14,16,19,22-23,25,28,30-31,35-58H2,1-3H3/b12-9-,18-15-,20-17-,24-21-,29-26-,33-27-,34-32-. The molecule has 0 saturated carbocycles. The lowest BCUT2D eigenvalue weighted by molar-refractivity contribution is -0.167. The molecule has 0 aromatic heterocycles. The third kappa shape index (κ3) is 53.5. The zero-order valence-electron chi connectivity index (χ0n) is 44.6. The van der Waals surface area contributed by atoms with Crippen LogP contribution in [-0.2, 0) is 28.6 Å². The van der Waals surface area contributed by atoms with Gasteiger partial charge in [0.1, 0.15) is 13.2 Å². The molecule has 6 heteroatoms. The lowest BCUT2D eigenvalue weighted by Gasteiger charge is -2.18. The van der Waals surface area contributed by atoms with Gasteiger partial charge in [-0.2, -0.15) is 0 Å². The molecule has 0 aliphatic heterocycles. The van der Waals surface area contributed by atoms with Crippen LogP contribution in [0.5, 0.6) is 0 Å². The van der Waals surface area contributed by atoms with Crippen molar-refractivity contribution >= 4 is 17.9 Å². The Morgan fingerprint density at radius 1 is 0.324 bits per heavy atom. The summed E-state index contributed by atoms with van der Waals surface area (Å²) in [4.78, 5) is 38.2. The zero-order valence-corrected chi connectivity index (χ0v) is 44.6. The first-order chi connectivity index (χ1) is 33.5. The molecular weight excluding hydrogens is 841 g/mol. The Morgan fingerprint density at radius 2 is 0.632 bits per heavy atom. The number of unbranched alkanes of at least 4 members (excludes halogenated alkanes) is 29. The molecule has 0 fully saturated rings. The van der Waals surface area contributed by atoms with Gasteiger partial charge in [-0.1, -0.05) is 241 Å². The highest BCUT2D eigenvalue weighted by Gasteiger charge is 2.19. The van der Waals surface area contributed by atoms with Crippen molar-refractivity contribution in [1.82, 2.24) is 0 Å². The monoisotopic (exact) mass is 947 g/mol. The number of ether oxygens (including phenoxy) is 3. The minimum Gasteiger partial charge on any atom is -0.462 e. The molecule has 1 unspecified atom stereocenters. The van der Waals surface area contributed by atoms with E-state index in [0.717, 1.165) is 103 Å². The van der Waals surface area contributed by atoms with Crippen LogP contribution in [0.2, 0.25) is 0 Å². The Hall–Kier alpha value is -3.41. The van der Waals surface area contributed by atoms with Crippen molar-refractivity contribution < 1.29 is 28.6 Å². The van der Waals surface area contributed by atoms with Gasteiger partial charge in [0, 0.05) is 19.3 Å². The van der Waals surface area contributed by atoms with Crippen molar-refractivity contribution in [3.8, 4) is 0 Å². The topological polar surface area (TPSA) is 78.9 Å². The van der Waals surface area contributed by atoms with Gasteiger partial charge in [0.25, 0.3) is 0 Å². The number of esters is 3. The van der Waals surface area contributed by atoms with Gasteiger partial charge in [0.2, 0.25) is 0 Å². The molecule has 0 N–H and O–H groups in total. The molecule has 1 atom stereocenters. The summed E-state index contributed by atoms with van der Waals surface area (Å²) in [6.45, 7) is 6.46. The number of hydrogen-bond donors (Lipinski definition) is 0. The van der Waals surface area contributed by atoms with Crippen molar-refractivity contribution in [2.45, 2.75) is 277 Å². The van der Waals surface area contributed by atoms with Crippen molar-refractivity contribution in [1.29, 1.82) is 0 Å². The zero-order chi connectivity index (χ0) is 49.3. The van der Waals surface area contributed by atoms with Gasteiger partial charge in [0.05, 0.1) is 0 Å². The summed E-state index contributed by atoms with van der Waals surface area (Å²) in [5.41, 5.74) is 0. The summed E-state index contributed by atoms with van der Waals surface area (Å²) < 4.78 is 16.8. The first-order valence-electron chi connectivity index (χ1n) is 28.6. The maximum absolute atomic E-state index is 12.9. The maximum Gasteiger partial charge on any atom is 0.306 e. The predicted octanol–water partition coefficient (Wildman–Crippen LogP) is 19.2. The molecule has 6 nitrogen and oxygen atoms in total. The van der Waals surface area contributed by atoms with E-state index in [-0.39, 0.29) is 31.1 Å². The second-order valence-corrected chi connectivity index (χ2v) is 18.9. The van der Waals surface area contributed by atoms with E-state index in [1.807, 2.05) is 18.2 Å². The van der Waals surface area contributed by atoms with Gasteiger partial charge < -0.3 is 14.2 Å². The van der Waals surface area contributed by atoms with Crippen molar-refractivity contribution in [3.05, 3.63) is 85.1 Å². The van der Waals surface area contributed by atoms with Gasteiger partial charge >= 0.3 is 17.9 Å². The van der Waals surface area contributed by atoms with E-state index in [4.69, 9.17) is 14.2 Å². The van der Waals surface area contributed by atoms with E-state index in [2.05, 4.69) is 87.6 Å². The lowest BCUT2D eigenvalue weighted by Crippen LogP contribution is -2.30. The van der Waals surface area contributed by atoms with Crippen LogP contribution in [0.25, 0.3) is 0 Å². The molecule has 0 aromatic rings. The second-order valence-electron chi connectivity index (χ2n) is 18.9. The number of carbonyl (C=O) groups is 3. The molecule has 0 aliphatic rings. The van der Waals surface area contributed by atoms with Crippen molar-refractivity contribution in [2.24, 2.45) is 0 Å². The fourth-order valence-electron chi connectivity index (χ4n) is 7.89. The fourth-order valence-corrected chi connectivity index (χ4v) is 7.89. The summed E-state index contributed by atoms with van der Waals surface area (Å²) in [5.74, 6) is -0.926. The average molecular weight is 948 g/mol. The van der Waals surface area contributed by atoms with Crippen molar-refractivity contribution in [2.75, 3.05) is 13.2 Å². The third-order valence-electron chi connectivity index (χ3n) is 12.2. The SMILES string of the molecule is CC\C=C/C=C\C=C/C=C\CCCCCCCC(=O)OCC(COC(=O)CCCCCCC/C=C\CCCCCCCCCCC)OC(=O)CCCCCCCCC/C=C\C/C=C\CCCCC. The summed E-state index contributed by atoms with van der Waals surface area (Å²) in [6, 6.07) is 0. The minimum absolute atomic E-state index is 0.0919. The van der Waals surface area contributed by atoms with Crippen LogP contribution >= 0.6 is 0 Å². The van der Waals surface area contributed by atoms with E-state index in [1.54, 1.807) is 0 Å². The highest BCUT2D eigenvalue weighted by atomic mass is 16.6. The van der Waals surface area contributed by atoms with Gasteiger partial charge in [-0.15, -0.1) is 0 Å². The van der Waals surface area contributed by atoms with Crippen LogP contribution in [0.1, 0.15) is 271 Å². The molecule has 0 rings (SSSR count). The molecule has 390 valence electrons. The molecule has 68 heavy (non-hydrogen) atoms. The van der Waals surface area contributed by atoms with Gasteiger partial charge in [-0.3, -0.25) is 14.4 Å². The summed E-state index contributed by atoms with van der Waals surface area (Å²) in [6.07, 6.45) is 72.8. The van der Waals surface area contributed by atoms with E-state index in [9.17, 15) is 14.4 Å². The van der Waals surface area contributed by atoms with Gasteiger partial charge in [-0.05, 0) is 96.3 Å². The molecule has 0 aromatic carbocycles. The summed E-state index contributed by atoms with van der Waals surface area (Å²) in [5, 5.41) is 0. The van der Waals surface area contributed by atoms with E-state index in [0.29, 0.717) is 19.3 Å². The predicted molar refractivity (Wildman–Crippen MR) is 293 cm³/mol. The number of carbonyl (C=O) groups excluding carboxylic acids is 3. The summed E-state index contributed by atoms with van der Waals surface area (Å²) in [7, 11) is 0. The van der Waals surface area contributed by atoms with Gasteiger partial charge in [-0.25, -0.2) is 0 Å². The Kier molecular flexibility index (Phi) is 53.4. The maximum atomic E-state index is 12.9. The Morgan fingerprint density at radius 3 is 1.06 bits per heavy atom. The Labute approximate surface area is 420 Å². The van der Waals surface area contributed by atoms with Crippen LogP contribution in [0.4, 0.5) is 0 Å². The largest absolute Gasteiger partial charge is 0.462 e. The van der Waals surface area contributed by atoms with E-state index >= 15 is 0 Å². The quantitative estimate of drug-likeness (QED) is 0.0199. The van der Waals surface area contributed by atoms with Crippen LogP contribution < -0.4 is 0 Å². The van der Waals surface area contributed by atoms with Gasteiger partial charge in [0.15, 0.2) is 6.10 Å². The number of rotatable bonds is 51.